The van der Waals surface area contributed by atoms with E-state index >= 15 is 0 Å². The van der Waals surface area contributed by atoms with Crippen LogP contribution >= 0.6 is 11.3 Å². The quantitative estimate of drug-likeness (QED) is 0.540. The molecule has 0 aromatic carbocycles. The lowest BCUT2D eigenvalue weighted by molar-refractivity contribution is 0.0695. The summed E-state index contributed by atoms with van der Waals surface area (Å²) in [7, 11) is 1.76. The zero-order chi connectivity index (χ0) is 20.7. The summed E-state index contributed by atoms with van der Waals surface area (Å²) in [5.41, 5.74) is 4.13. The predicted molar refractivity (Wildman–Crippen MR) is 117 cm³/mol. The molecule has 154 valence electrons. The Kier molecular flexibility index (Phi) is 4.84. The second kappa shape index (κ2) is 7.66. The van der Waals surface area contributed by atoms with Gasteiger partial charge in [0.05, 0.1) is 28.7 Å². The predicted octanol–water partition coefficient (Wildman–Crippen LogP) is 3.66. The van der Waals surface area contributed by atoms with E-state index in [0.29, 0.717) is 24.8 Å². The van der Waals surface area contributed by atoms with E-state index in [2.05, 4.69) is 21.4 Å². The molecule has 5 heterocycles. The summed E-state index contributed by atoms with van der Waals surface area (Å²) in [5, 5.41) is 5.31. The van der Waals surface area contributed by atoms with Gasteiger partial charge in [-0.05, 0) is 42.8 Å². The number of thiophene rings is 1. The third-order valence-corrected chi connectivity index (χ3v) is 6.41. The number of anilines is 2. The van der Waals surface area contributed by atoms with Crippen LogP contribution in [-0.4, -0.2) is 37.3 Å². The highest BCUT2D eigenvalue weighted by Gasteiger charge is 2.23. The maximum absolute atomic E-state index is 12.8. The fourth-order valence-electron chi connectivity index (χ4n) is 3.83. The highest BCUT2D eigenvalue weighted by Crippen LogP contribution is 2.28. The van der Waals surface area contributed by atoms with Gasteiger partial charge in [-0.2, -0.15) is 4.98 Å². The highest BCUT2D eigenvalue weighted by molar-refractivity contribution is 7.13. The molecule has 1 N–H and O–H groups in total. The molecule has 0 amide bonds. The second-order valence-electron chi connectivity index (χ2n) is 7.44. The molecule has 0 bridgehead atoms. The van der Waals surface area contributed by atoms with Gasteiger partial charge >= 0.3 is 5.69 Å². The molecular formula is C21H22N6O2S. The van der Waals surface area contributed by atoms with Gasteiger partial charge in [-0.15, -0.1) is 11.3 Å². The van der Waals surface area contributed by atoms with Crippen molar-refractivity contribution in [3.63, 3.8) is 0 Å². The minimum atomic E-state index is -0.0681. The average molecular weight is 423 g/mol. The highest BCUT2D eigenvalue weighted by atomic mass is 32.1. The lowest BCUT2D eigenvalue weighted by Gasteiger charge is -2.22. The number of nitrogens with one attached hydrogen (secondary N) is 1. The standard InChI is InChI=1S/C21H22N6O2S/c1-13-10-15(18-4-3-9-30-18)22-11-16(13)24-20-23-12-17-19(25-20)27(21(28)26(17)2)14-5-7-29-8-6-14/h3-4,9-12,14H,5-8H2,1-2H3,(H,23,24,25). The summed E-state index contributed by atoms with van der Waals surface area (Å²) >= 11 is 1.66. The van der Waals surface area contributed by atoms with Crippen molar-refractivity contribution < 1.29 is 4.74 Å². The topological polar surface area (TPSA) is 86.9 Å². The van der Waals surface area contributed by atoms with Gasteiger partial charge < -0.3 is 10.1 Å². The summed E-state index contributed by atoms with van der Waals surface area (Å²) in [5.74, 6) is 0.447. The lowest BCUT2D eigenvalue weighted by Crippen LogP contribution is -2.30. The molecule has 1 aliphatic rings. The van der Waals surface area contributed by atoms with E-state index in [-0.39, 0.29) is 11.7 Å². The van der Waals surface area contributed by atoms with Crippen molar-refractivity contribution >= 4 is 34.1 Å². The lowest BCUT2D eigenvalue weighted by atomic mass is 10.1. The molecule has 0 radical (unpaired) electrons. The van der Waals surface area contributed by atoms with Crippen LogP contribution in [0, 0.1) is 6.92 Å². The van der Waals surface area contributed by atoms with Crippen molar-refractivity contribution in [3.8, 4) is 10.6 Å². The first kappa shape index (κ1) is 19.0. The molecule has 0 saturated carbocycles. The Morgan fingerprint density at radius 3 is 2.80 bits per heavy atom. The first-order valence-electron chi connectivity index (χ1n) is 9.91. The maximum Gasteiger partial charge on any atom is 0.330 e. The van der Waals surface area contributed by atoms with Gasteiger partial charge in [0.2, 0.25) is 5.95 Å². The Bertz CT molecular complexity index is 1250. The van der Waals surface area contributed by atoms with Gasteiger partial charge in [-0.3, -0.25) is 14.1 Å². The third kappa shape index (κ3) is 3.29. The van der Waals surface area contributed by atoms with Gasteiger partial charge in [0.25, 0.3) is 0 Å². The summed E-state index contributed by atoms with van der Waals surface area (Å²) in [4.78, 5) is 27.7. The molecule has 1 fully saturated rings. The molecule has 5 rings (SSSR count). The van der Waals surface area contributed by atoms with Crippen LogP contribution in [0.25, 0.3) is 21.7 Å². The SMILES string of the molecule is Cc1cc(-c2cccs2)ncc1Nc1ncc2c(n1)n(C1CCOCC1)c(=O)n2C. The van der Waals surface area contributed by atoms with Crippen LogP contribution in [0.1, 0.15) is 24.4 Å². The second-order valence-corrected chi connectivity index (χ2v) is 8.39. The van der Waals surface area contributed by atoms with E-state index in [0.717, 1.165) is 40.2 Å². The summed E-state index contributed by atoms with van der Waals surface area (Å²) < 4.78 is 8.85. The Morgan fingerprint density at radius 1 is 1.23 bits per heavy atom. The van der Waals surface area contributed by atoms with E-state index in [1.165, 1.54) is 0 Å². The molecule has 4 aromatic rings. The molecule has 0 aliphatic carbocycles. The number of nitrogens with zero attached hydrogens (tertiary/aromatic N) is 5. The molecule has 0 atom stereocenters. The minimum absolute atomic E-state index is 0.0681. The third-order valence-electron chi connectivity index (χ3n) is 5.52. The van der Waals surface area contributed by atoms with Crippen LogP contribution in [0.3, 0.4) is 0 Å². The Balaban J connectivity index is 1.50. The Hall–Kier alpha value is -3.04. The first-order valence-corrected chi connectivity index (χ1v) is 10.8. The Morgan fingerprint density at radius 2 is 2.07 bits per heavy atom. The fraction of sp³-hybridized carbons (Fsp3) is 0.333. The average Bonchev–Trinajstić information content (AvgIpc) is 3.38. The largest absolute Gasteiger partial charge is 0.381 e. The molecule has 0 spiro atoms. The number of hydrogen-bond acceptors (Lipinski definition) is 7. The van der Waals surface area contributed by atoms with Crippen molar-refractivity contribution in [1.82, 2.24) is 24.1 Å². The molecule has 8 nitrogen and oxygen atoms in total. The van der Waals surface area contributed by atoms with E-state index in [9.17, 15) is 4.79 Å². The van der Waals surface area contributed by atoms with Gasteiger partial charge in [0, 0.05) is 26.3 Å². The number of rotatable bonds is 4. The van der Waals surface area contributed by atoms with Crippen LogP contribution in [0.4, 0.5) is 11.6 Å². The van der Waals surface area contributed by atoms with Crippen molar-refractivity contribution in [1.29, 1.82) is 0 Å². The Labute approximate surface area is 177 Å². The van der Waals surface area contributed by atoms with Crippen LogP contribution in [-0.2, 0) is 11.8 Å². The molecule has 1 aliphatic heterocycles. The maximum atomic E-state index is 12.8. The number of ether oxygens (including phenoxy) is 1. The molecular weight excluding hydrogens is 400 g/mol. The number of hydrogen-bond donors (Lipinski definition) is 1. The molecule has 4 aromatic heterocycles. The minimum Gasteiger partial charge on any atom is -0.381 e. The summed E-state index contributed by atoms with van der Waals surface area (Å²) in [6.45, 7) is 3.34. The summed E-state index contributed by atoms with van der Waals surface area (Å²) in [6.07, 6.45) is 5.11. The number of aryl methyl sites for hydroxylation is 2. The zero-order valence-electron chi connectivity index (χ0n) is 16.8. The fourth-order valence-corrected chi connectivity index (χ4v) is 4.53. The monoisotopic (exact) mass is 422 g/mol. The molecule has 9 heteroatoms. The molecule has 1 saturated heterocycles. The van der Waals surface area contributed by atoms with Crippen molar-refractivity contribution in [2.75, 3.05) is 18.5 Å². The number of pyridine rings is 1. The normalized spacial score (nSPS) is 15.0. The van der Waals surface area contributed by atoms with E-state index in [4.69, 9.17) is 9.72 Å². The van der Waals surface area contributed by atoms with Gasteiger partial charge in [0.1, 0.15) is 5.52 Å². The number of fused-ring (bicyclic) bond motifs is 1. The van der Waals surface area contributed by atoms with Gasteiger partial charge in [0.15, 0.2) is 5.65 Å². The van der Waals surface area contributed by atoms with Gasteiger partial charge in [-0.25, -0.2) is 9.78 Å². The smallest absolute Gasteiger partial charge is 0.330 e. The van der Waals surface area contributed by atoms with Crippen molar-refractivity contribution in [2.45, 2.75) is 25.8 Å². The van der Waals surface area contributed by atoms with Crippen molar-refractivity contribution in [3.05, 3.63) is 52.0 Å². The summed E-state index contributed by atoms with van der Waals surface area (Å²) in [6, 6.07) is 6.21. The van der Waals surface area contributed by atoms with E-state index in [1.54, 1.807) is 39.9 Å². The van der Waals surface area contributed by atoms with Crippen LogP contribution in [0.2, 0.25) is 0 Å². The number of aromatic nitrogens is 5. The van der Waals surface area contributed by atoms with Crippen LogP contribution in [0.15, 0.2) is 40.8 Å². The first-order chi connectivity index (χ1) is 14.6. The van der Waals surface area contributed by atoms with Crippen LogP contribution < -0.4 is 11.0 Å². The zero-order valence-corrected chi connectivity index (χ0v) is 17.6. The number of imidazole rings is 1. The van der Waals surface area contributed by atoms with E-state index in [1.807, 2.05) is 24.4 Å². The molecule has 0 unspecified atom stereocenters. The van der Waals surface area contributed by atoms with E-state index < -0.39 is 0 Å². The van der Waals surface area contributed by atoms with Gasteiger partial charge in [-0.1, -0.05) is 6.07 Å². The van der Waals surface area contributed by atoms with Crippen LogP contribution in [0.5, 0.6) is 0 Å². The van der Waals surface area contributed by atoms with Crippen molar-refractivity contribution in [2.24, 2.45) is 7.05 Å². The molecule has 30 heavy (non-hydrogen) atoms.